The molecular weight excluding hydrogens is 408 g/mol. The highest BCUT2D eigenvalue weighted by Gasteiger charge is 2.12. The molecule has 3 N–H and O–H groups in total. The zero-order valence-corrected chi connectivity index (χ0v) is 17.6. The maximum absolute atomic E-state index is 12.5. The molecule has 0 spiro atoms. The molecule has 1 amide bonds. The molecule has 4 rings (SSSR count). The molecule has 0 radical (unpaired) electrons. The average molecular weight is 430 g/mol. The number of H-pyrrole nitrogens is 1. The number of hydrogen-bond acceptors (Lipinski definition) is 6. The van der Waals surface area contributed by atoms with Gasteiger partial charge in [0.15, 0.2) is 11.5 Å². The van der Waals surface area contributed by atoms with Crippen LogP contribution in [0.4, 0.5) is 0 Å². The van der Waals surface area contributed by atoms with Crippen molar-refractivity contribution in [2.75, 3.05) is 13.7 Å². The van der Waals surface area contributed by atoms with Crippen LogP contribution in [-0.4, -0.2) is 40.9 Å². The van der Waals surface area contributed by atoms with Gasteiger partial charge in [0.1, 0.15) is 11.6 Å². The fraction of sp³-hybridized carbons (Fsp3) is 0.125. The maximum atomic E-state index is 12.5. The Labute approximate surface area is 184 Å². The molecule has 4 aromatic rings. The Hall–Kier alpha value is -4.33. The number of ether oxygens (including phenoxy) is 2. The molecule has 8 nitrogen and oxygen atoms in total. The smallest absolute Gasteiger partial charge is 0.271 e. The van der Waals surface area contributed by atoms with Crippen molar-refractivity contribution >= 4 is 23.2 Å². The number of carbonyl (C=O) groups is 1. The van der Waals surface area contributed by atoms with E-state index in [4.69, 9.17) is 9.47 Å². The van der Waals surface area contributed by atoms with Crippen LogP contribution in [0.3, 0.4) is 0 Å². The van der Waals surface area contributed by atoms with Crippen molar-refractivity contribution in [1.82, 2.24) is 15.4 Å². The Morgan fingerprint density at radius 2 is 2.00 bits per heavy atom. The molecule has 0 saturated heterocycles. The van der Waals surface area contributed by atoms with E-state index in [9.17, 15) is 9.90 Å². The largest absolute Gasteiger partial charge is 0.507 e. The van der Waals surface area contributed by atoms with Gasteiger partial charge in [0.2, 0.25) is 0 Å². The molecule has 0 aliphatic heterocycles. The predicted molar refractivity (Wildman–Crippen MR) is 122 cm³/mol. The molecule has 0 aliphatic carbocycles. The fourth-order valence-electron chi connectivity index (χ4n) is 3.22. The maximum Gasteiger partial charge on any atom is 0.271 e. The summed E-state index contributed by atoms with van der Waals surface area (Å²) >= 11 is 0. The molecule has 0 fully saturated rings. The van der Waals surface area contributed by atoms with E-state index in [0.29, 0.717) is 46.1 Å². The topological polar surface area (TPSA) is 109 Å². The van der Waals surface area contributed by atoms with Crippen molar-refractivity contribution in [3.8, 4) is 28.6 Å². The van der Waals surface area contributed by atoms with Crippen LogP contribution < -0.4 is 14.9 Å². The zero-order chi connectivity index (χ0) is 22.5. The summed E-state index contributed by atoms with van der Waals surface area (Å²) in [7, 11) is 1.58. The summed E-state index contributed by atoms with van der Waals surface area (Å²) in [6, 6.07) is 17.4. The first-order valence-electron chi connectivity index (χ1n) is 10.0. The number of rotatable bonds is 7. The van der Waals surface area contributed by atoms with E-state index in [1.54, 1.807) is 55.6 Å². The number of nitrogens with zero attached hydrogens (tertiary/aromatic N) is 2. The summed E-state index contributed by atoms with van der Waals surface area (Å²) in [6.45, 7) is 2.40. The number of phenolic OH excluding ortho intramolecular Hbond substituents is 1. The third-order valence-electron chi connectivity index (χ3n) is 4.77. The Bertz CT molecular complexity index is 1300. The van der Waals surface area contributed by atoms with Crippen LogP contribution in [0.2, 0.25) is 0 Å². The minimum absolute atomic E-state index is 0.130. The van der Waals surface area contributed by atoms with Crippen molar-refractivity contribution in [2.24, 2.45) is 5.10 Å². The Morgan fingerprint density at radius 1 is 1.16 bits per heavy atom. The summed E-state index contributed by atoms with van der Waals surface area (Å²) in [5, 5.41) is 14.1. The molecule has 0 bridgehead atoms. The van der Waals surface area contributed by atoms with Crippen LogP contribution in [0.25, 0.3) is 22.4 Å². The van der Waals surface area contributed by atoms with Crippen LogP contribution in [0.15, 0.2) is 65.8 Å². The third-order valence-corrected chi connectivity index (χ3v) is 4.77. The van der Waals surface area contributed by atoms with Gasteiger partial charge in [-0.15, -0.1) is 0 Å². The van der Waals surface area contributed by atoms with Crippen LogP contribution in [-0.2, 0) is 0 Å². The highest BCUT2D eigenvalue weighted by atomic mass is 16.5. The first-order valence-corrected chi connectivity index (χ1v) is 10.0. The van der Waals surface area contributed by atoms with Gasteiger partial charge in [-0.3, -0.25) is 4.79 Å². The molecule has 3 aromatic carbocycles. The van der Waals surface area contributed by atoms with Crippen molar-refractivity contribution in [2.45, 2.75) is 6.92 Å². The summed E-state index contributed by atoms with van der Waals surface area (Å²) in [6.07, 6.45) is 1.53. The standard InChI is InChI=1S/C24H22N4O4/c1-3-32-22-12-15(8-11-21(22)31-2)14-25-28-24(30)16-9-10-18-19(13-16)27-23(26-18)17-6-4-5-7-20(17)29/h4-14,29H,3H2,1-2H3,(H,26,27)(H,28,30)/b25-14+. The first-order chi connectivity index (χ1) is 15.6. The Kier molecular flexibility index (Phi) is 6.03. The van der Waals surface area contributed by atoms with Crippen LogP contribution >= 0.6 is 0 Å². The average Bonchev–Trinajstić information content (AvgIpc) is 3.23. The number of methoxy groups -OCH3 is 1. The molecule has 32 heavy (non-hydrogen) atoms. The number of benzene rings is 3. The molecular formula is C24H22N4O4. The van der Waals surface area contributed by atoms with E-state index in [2.05, 4.69) is 20.5 Å². The highest BCUT2D eigenvalue weighted by Crippen LogP contribution is 2.29. The van der Waals surface area contributed by atoms with Gasteiger partial charge >= 0.3 is 0 Å². The Morgan fingerprint density at radius 3 is 2.78 bits per heavy atom. The molecule has 162 valence electrons. The first kappa shape index (κ1) is 20.9. The Balaban J connectivity index is 1.49. The van der Waals surface area contributed by atoms with Gasteiger partial charge in [0.05, 0.1) is 36.5 Å². The van der Waals surface area contributed by atoms with Gasteiger partial charge in [-0.2, -0.15) is 5.10 Å². The minimum Gasteiger partial charge on any atom is -0.507 e. The second-order valence-electron chi connectivity index (χ2n) is 6.88. The fourth-order valence-corrected chi connectivity index (χ4v) is 3.22. The zero-order valence-electron chi connectivity index (χ0n) is 17.6. The van der Waals surface area contributed by atoms with E-state index < -0.39 is 0 Å². The monoisotopic (exact) mass is 430 g/mol. The number of para-hydroxylation sites is 1. The van der Waals surface area contributed by atoms with Gasteiger partial charge in [-0.1, -0.05) is 12.1 Å². The lowest BCUT2D eigenvalue weighted by Gasteiger charge is -2.09. The number of hydrogen-bond donors (Lipinski definition) is 3. The SMILES string of the molecule is CCOc1cc(/C=N/NC(=O)c2ccc3nc(-c4ccccc4O)[nH]c3c2)ccc1OC. The molecule has 0 aliphatic rings. The number of hydrazone groups is 1. The van der Waals surface area contributed by atoms with Crippen LogP contribution in [0.1, 0.15) is 22.8 Å². The van der Waals surface area contributed by atoms with Gasteiger partial charge in [-0.05, 0) is 61.0 Å². The normalized spacial score (nSPS) is 11.1. The van der Waals surface area contributed by atoms with E-state index >= 15 is 0 Å². The van der Waals surface area contributed by atoms with Gasteiger partial charge in [0.25, 0.3) is 5.91 Å². The highest BCUT2D eigenvalue weighted by molar-refractivity contribution is 5.98. The number of amides is 1. The van der Waals surface area contributed by atoms with Gasteiger partial charge in [-0.25, -0.2) is 10.4 Å². The number of aromatic nitrogens is 2. The minimum atomic E-state index is -0.361. The number of fused-ring (bicyclic) bond motifs is 1. The van der Waals surface area contributed by atoms with E-state index in [0.717, 1.165) is 5.56 Å². The second kappa shape index (κ2) is 9.22. The van der Waals surface area contributed by atoms with Gasteiger partial charge < -0.3 is 19.6 Å². The lowest BCUT2D eigenvalue weighted by atomic mass is 10.2. The summed E-state index contributed by atoms with van der Waals surface area (Å²) in [5.41, 5.74) is 5.65. The molecule has 1 heterocycles. The summed E-state index contributed by atoms with van der Waals surface area (Å²) in [5.74, 6) is 1.53. The van der Waals surface area contributed by atoms with E-state index in [1.165, 1.54) is 6.21 Å². The molecule has 0 unspecified atom stereocenters. The number of nitrogens with one attached hydrogen (secondary N) is 2. The predicted octanol–water partition coefficient (Wildman–Crippen LogP) is 4.11. The van der Waals surface area contributed by atoms with E-state index in [1.807, 2.05) is 19.1 Å². The summed E-state index contributed by atoms with van der Waals surface area (Å²) in [4.78, 5) is 20.2. The van der Waals surface area contributed by atoms with E-state index in [-0.39, 0.29) is 11.7 Å². The third kappa shape index (κ3) is 4.39. The number of phenols is 1. The van der Waals surface area contributed by atoms with Crippen molar-refractivity contribution in [1.29, 1.82) is 0 Å². The van der Waals surface area contributed by atoms with Crippen LogP contribution in [0, 0.1) is 0 Å². The quantitative estimate of drug-likeness (QED) is 0.302. The van der Waals surface area contributed by atoms with Crippen molar-refractivity contribution in [3.63, 3.8) is 0 Å². The second-order valence-corrected chi connectivity index (χ2v) is 6.88. The lowest BCUT2D eigenvalue weighted by molar-refractivity contribution is 0.0955. The van der Waals surface area contributed by atoms with Crippen molar-refractivity contribution in [3.05, 3.63) is 71.8 Å². The van der Waals surface area contributed by atoms with Crippen molar-refractivity contribution < 1.29 is 19.4 Å². The molecule has 0 saturated carbocycles. The number of aromatic hydroxyl groups is 1. The molecule has 0 atom stereocenters. The lowest BCUT2D eigenvalue weighted by Crippen LogP contribution is -2.17. The van der Waals surface area contributed by atoms with Gasteiger partial charge in [0, 0.05) is 5.56 Å². The van der Waals surface area contributed by atoms with Crippen LogP contribution in [0.5, 0.6) is 17.2 Å². The molecule has 8 heteroatoms. The summed E-state index contributed by atoms with van der Waals surface area (Å²) < 4.78 is 10.8. The molecule has 1 aromatic heterocycles. The number of carbonyl (C=O) groups excluding carboxylic acids is 1. The number of aromatic amines is 1. The number of imidazole rings is 1.